The fraction of sp³-hybridized carbons (Fsp3) is 0.267. The minimum Gasteiger partial charge on any atom is -0.399 e. The summed E-state index contributed by atoms with van der Waals surface area (Å²) in [4.78, 5) is 4.00. The maximum Gasteiger partial charge on any atom is 0.0727 e. The van der Waals surface area contributed by atoms with Gasteiger partial charge in [0, 0.05) is 29.2 Å². The van der Waals surface area contributed by atoms with Crippen molar-refractivity contribution in [3.8, 4) is 0 Å². The Balaban J connectivity index is 1.69. The summed E-state index contributed by atoms with van der Waals surface area (Å²) in [6, 6.07) is 9.85. The fourth-order valence-corrected chi connectivity index (χ4v) is 2.30. The smallest absolute Gasteiger partial charge is 0.0727 e. The molecule has 2 aromatic rings. The third kappa shape index (κ3) is 4.65. The number of halogens is 1. The summed E-state index contributed by atoms with van der Waals surface area (Å²) in [5.41, 5.74) is 8.87. The molecule has 0 spiro atoms. The minimum atomic E-state index is 0.608. The molecule has 2 N–H and O–H groups in total. The molecule has 4 heteroatoms. The van der Waals surface area contributed by atoms with Crippen LogP contribution in [-0.2, 0) is 17.8 Å². The molecule has 0 atom stereocenters. The largest absolute Gasteiger partial charge is 0.399 e. The molecule has 0 aliphatic rings. The molecule has 2 rings (SSSR count). The second kappa shape index (κ2) is 7.26. The lowest BCUT2D eigenvalue weighted by atomic mass is 10.1. The summed E-state index contributed by atoms with van der Waals surface area (Å²) in [6.07, 6.45) is 5.67. The van der Waals surface area contributed by atoms with Gasteiger partial charge >= 0.3 is 0 Å². The Morgan fingerprint density at radius 1 is 1.16 bits per heavy atom. The molecule has 0 saturated heterocycles. The lowest BCUT2D eigenvalue weighted by Gasteiger charge is -2.07. The van der Waals surface area contributed by atoms with Crippen molar-refractivity contribution >= 4 is 21.6 Å². The van der Waals surface area contributed by atoms with E-state index >= 15 is 0 Å². The summed E-state index contributed by atoms with van der Waals surface area (Å²) >= 11 is 3.49. The Morgan fingerprint density at radius 3 is 2.68 bits per heavy atom. The third-order valence-electron chi connectivity index (χ3n) is 2.84. The number of anilines is 1. The van der Waals surface area contributed by atoms with Crippen LogP contribution in [0.1, 0.15) is 17.5 Å². The predicted molar refractivity (Wildman–Crippen MR) is 80.8 cm³/mol. The van der Waals surface area contributed by atoms with E-state index < -0.39 is 0 Å². The Labute approximate surface area is 121 Å². The number of hydrogen-bond acceptors (Lipinski definition) is 3. The van der Waals surface area contributed by atoms with Gasteiger partial charge in [0.15, 0.2) is 0 Å². The van der Waals surface area contributed by atoms with Crippen molar-refractivity contribution in [2.24, 2.45) is 0 Å². The predicted octanol–water partition coefficient (Wildman–Crippen LogP) is 3.58. The molecule has 0 fully saturated rings. The lowest BCUT2D eigenvalue weighted by Crippen LogP contribution is -1.99. The summed E-state index contributed by atoms with van der Waals surface area (Å²) in [5, 5.41) is 0. The molecule has 1 aromatic heterocycles. The number of nitrogens with zero attached hydrogens (tertiary/aromatic N) is 1. The van der Waals surface area contributed by atoms with Gasteiger partial charge in [-0.3, -0.25) is 4.98 Å². The van der Waals surface area contributed by atoms with Gasteiger partial charge in [0.25, 0.3) is 0 Å². The highest BCUT2D eigenvalue weighted by Crippen LogP contribution is 2.20. The Hall–Kier alpha value is -1.39. The highest BCUT2D eigenvalue weighted by Gasteiger charge is 2.00. The van der Waals surface area contributed by atoms with Crippen molar-refractivity contribution in [3.63, 3.8) is 0 Å². The van der Waals surface area contributed by atoms with Crippen LogP contribution in [0.25, 0.3) is 0 Å². The fourth-order valence-electron chi connectivity index (χ4n) is 1.79. The molecule has 0 bridgehead atoms. The molecule has 0 radical (unpaired) electrons. The zero-order valence-corrected chi connectivity index (χ0v) is 12.3. The maximum atomic E-state index is 5.69. The van der Waals surface area contributed by atoms with Crippen LogP contribution in [0.4, 0.5) is 5.69 Å². The normalized spacial score (nSPS) is 10.6. The summed E-state index contributed by atoms with van der Waals surface area (Å²) in [5.74, 6) is 0. The Kier molecular flexibility index (Phi) is 5.36. The van der Waals surface area contributed by atoms with E-state index in [0.29, 0.717) is 6.61 Å². The minimum absolute atomic E-state index is 0.608. The van der Waals surface area contributed by atoms with Gasteiger partial charge in [-0.1, -0.05) is 22.0 Å². The highest BCUT2D eigenvalue weighted by molar-refractivity contribution is 9.10. The lowest BCUT2D eigenvalue weighted by molar-refractivity contribution is 0.118. The van der Waals surface area contributed by atoms with Gasteiger partial charge in [-0.05, 0) is 48.2 Å². The van der Waals surface area contributed by atoms with E-state index in [2.05, 4.69) is 20.9 Å². The first-order valence-electron chi connectivity index (χ1n) is 6.26. The molecule has 1 aromatic carbocycles. The second-order valence-electron chi connectivity index (χ2n) is 4.36. The van der Waals surface area contributed by atoms with Gasteiger partial charge in [-0.2, -0.15) is 0 Å². The number of benzene rings is 1. The molecule has 0 unspecified atom stereocenters. The van der Waals surface area contributed by atoms with Crippen molar-refractivity contribution in [1.82, 2.24) is 4.98 Å². The van der Waals surface area contributed by atoms with E-state index in [-0.39, 0.29) is 0 Å². The van der Waals surface area contributed by atoms with Crippen LogP contribution < -0.4 is 5.73 Å². The van der Waals surface area contributed by atoms with Gasteiger partial charge < -0.3 is 10.5 Å². The monoisotopic (exact) mass is 320 g/mol. The van der Waals surface area contributed by atoms with Crippen molar-refractivity contribution in [2.75, 3.05) is 12.3 Å². The van der Waals surface area contributed by atoms with Crippen molar-refractivity contribution in [2.45, 2.75) is 19.4 Å². The van der Waals surface area contributed by atoms with E-state index in [1.54, 1.807) is 0 Å². The molecule has 3 nitrogen and oxygen atoms in total. The van der Waals surface area contributed by atoms with Crippen LogP contribution in [0, 0.1) is 0 Å². The van der Waals surface area contributed by atoms with E-state index in [0.717, 1.165) is 35.2 Å². The Bertz CT molecular complexity index is 517. The summed E-state index contributed by atoms with van der Waals surface area (Å²) in [6.45, 7) is 1.36. The van der Waals surface area contributed by atoms with Crippen LogP contribution in [0.3, 0.4) is 0 Å². The average Bonchev–Trinajstić information content (AvgIpc) is 2.42. The quantitative estimate of drug-likeness (QED) is 0.653. The molecular weight excluding hydrogens is 304 g/mol. The standard InChI is InChI=1S/C15H17BrN2O/c16-15-10-14(17)4-3-13(15)11-19-9-1-2-12-5-7-18-8-6-12/h3-8,10H,1-2,9,11,17H2. The molecule has 0 aliphatic heterocycles. The zero-order chi connectivity index (χ0) is 13.5. The SMILES string of the molecule is Nc1ccc(COCCCc2ccncc2)c(Br)c1. The topological polar surface area (TPSA) is 48.1 Å². The van der Waals surface area contributed by atoms with Crippen molar-refractivity contribution < 1.29 is 4.74 Å². The number of nitrogens with two attached hydrogens (primary N) is 1. The van der Waals surface area contributed by atoms with E-state index in [4.69, 9.17) is 10.5 Å². The van der Waals surface area contributed by atoms with E-state index in [1.165, 1.54) is 5.56 Å². The van der Waals surface area contributed by atoms with Crippen LogP contribution in [0.15, 0.2) is 47.2 Å². The van der Waals surface area contributed by atoms with E-state index in [9.17, 15) is 0 Å². The van der Waals surface area contributed by atoms with Gasteiger partial charge in [0.1, 0.15) is 0 Å². The molecule has 1 heterocycles. The number of nitrogen functional groups attached to an aromatic ring is 1. The van der Waals surface area contributed by atoms with Crippen LogP contribution in [0.5, 0.6) is 0 Å². The number of ether oxygens (including phenoxy) is 1. The van der Waals surface area contributed by atoms with Crippen LogP contribution in [0.2, 0.25) is 0 Å². The molecule has 19 heavy (non-hydrogen) atoms. The van der Waals surface area contributed by atoms with Gasteiger partial charge in [-0.15, -0.1) is 0 Å². The van der Waals surface area contributed by atoms with Crippen LogP contribution in [-0.4, -0.2) is 11.6 Å². The van der Waals surface area contributed by atoms with E-state index in [1.807, 2.05) is 42.7 Å². The molecule has 0 aliphatic carbocycles. The second-order valence-corrected chi connectivity index (χ2v) is 5.22. The number of aromatic nitrogens is 1. The van der Waals surface area contributed by atoms with Crippen LogP contribution >= 0.6 is 15.9 Å². The Morgan fingerprint density at radius 2 is 1.95 bits per heavy atom. The number of aryl methyl sites for hydroxylation is 1. The van der Waals surface area contributed by atoms with Crippen molar-refractivity contribution in [3.05, 3.63) is 58.3 Å². The maximum absolute atomic E-state index is 5.69. The van der Waals surface area contributed by atoms with Gasteiger partial charge in [0.2, 0.25) is 0 Å². The molecule has 0 amide bonds. The third-order valence-corrected chi connectivity index (χ3v) is 3.58. The molecule has 0 saturated carbocycles. The number of hydrogen-bond donors (Lipinski definition) is 1. The number of rotatable bonds is 6. The summed E-state index contributed by atoms with van der Waals surface area (Å²) in [7, 11) is 0. The zero-order valence-electron chi connectivity index (χ0n) is 10.7. The molecular formula is C15H17BrN2O. The first-order chi connectivity index (χ1) is 9.25. The summed E-state index contributed by atoms with van der Waals surface area (Å²) < 4.78 is 6.68. The number of pyridine rings is 1. The van der Waals surface area contributed by atoms with Gasteiger partial charge in [0.05, 0.1) is 6.61 Å². The van der Waals surface area contributed by atoms with Crippen molar-refractivity contribution in [1.29, 1.82) is 0 Å². The van der Waals surface area contributed by atoms with Gasteiger partial charge in [-0.25, -0.2) is 0 Å². The average molecular weight is 321 g/mol. The first kappa shape index (κ1) is 14.0. The molecule has 100 valence electrons. The highest BCUT2D eigenvalue weighted by atomic mass is 79.9. The first-order valence-corrected chi connectivity index (χ1v) is 7.05.